The molecule has 1 aromatic heterocycles. The lowest BCUT2D eigenvalue weighted by Gasteiger charge is -2.10. The van der Waals surface area contributed by atoms with E-state index in [4.69, 9.17) is 12.2 Å². The Morgan fingerprint density at radius 3 is 2.67 bits per heavy atom. The molecule has 0 unspecified atom stereocenters. The number of aromatic nitrogens is 3. The molecule has 1 saturated carbocycles. The van der Waals surface area contributed by atoms with Crippen molar-refractivity contribution < 1.29 is 0 Å². The maximum atomic E-state index is 5.34. The molecule has 0 saturated heterocycles. The molecule has 0 amide bonds. The third kappa shape index (κ3) is 2.25. The van der Waals surface area contributed by atoms with E-state index in [9.17, 15) is 0 Å². The third-order valence-electron chi connectivity index (χ3n) is 3.70. The molecule has 1 aliphatic rings. The molecule has 0 atom stereocenters. The van der Waals surface area contributed by atoms with Crippen LogP contribution in [0.1, 0.15) is 31.5 Å². The highest BCUT2D eigenvalue weighted by Gasteiger charge is 2.19. The first-order valence-corrected chi connectivity index (χ1v) is 6.97. The van der Waals surface area contributed by atoms with Crippen LogP contribution in [-0.4, -0.2) is 14.8 Å². The Labute approximate surface area is 112 Å². The first-order valence-electron chi connectivity index (χ1n) is 6.56. The van der Waals surface area contributed by atoms with Gasteiger partial charge in [-0.15, -0.1) is 0 Å². The zero-order valence-corrected chi connectivity index (χ0v) is 11.1. The lowest BCUT2D eigenvalue weighted by molar-refractivity contribution is 0.525. The maximum absolute atomic E-state index is 5.34. The van der Waals surface area contributed by atoms with Gasteiger partial charge in [0.25, 0.3) is 0 Å². The average Bonchev–Trinajstić information content (AvgIpc) is 3.02. The standard InChI is InChI=1S/C14H17N3S/c18-14-16-15-13(10-11-6-4-5-7-11)17(14)12-8-2-1-3-9-12/h1-3,8-9,11H,4-7,10H2,(H,16,18). The number of nitrogens with one attached hydrogen (secondary N) is 1. The van der Waals surface area contributed by atoms with Gasteiger partial charge in [0, 0.05) is 12.1 Å². The van der Waals surface area contributed by atoms with E-state index in [1.54, 1.807) is 0 Å². The smallest absolute Gasteiger partial charge is 0.199 e. The van der Waals surface area contributed by atoms with Gasteiger partial charge >= 0.3 is 0 Å². The molecular weight excluding hydrogens is 242 g/mol. The summed E-state index contributed by atoms with van der Waals surface area (Å²) in [7, 11) is 0. The Balaban J connectivity index is 1.94. The van der Waals surface area contributed by atoms with Crippen LogP contribution in [0.3, 0.4) is 0 Å². The minimum Gasteiger partial charge on any atom is -0.272 e. The van der Waals surface area contributed by atoms with E-state index in [0.717, 1.165) is 23.9 Å². The molecule has 1 heterocycles. The lowest BCUT2D eigenvalue weighted by Crippen LogP contribution is -2.07. The highest BCUT2D eigenvalue weighted by atomic mass is 32.1. The SMILES string of the molecule is S=c1[nH]nc(CC2CCCC2)n1-c1ccccc1. The number of nitrogens with zero attached hydrogens (tertiary/aromatic N) is 2. The number of para-hydroxylation sites is 1. The van der Waals surface area contributed by atoms with Crippen LogP contribution in [0, 0.1) is 10.7 Å². The summed E-state index contributed by atoms with van der Waals surface area (Å²) in [5.74, 6) is 1.84. The molecule has 1 aromatic carbocycles. The molecule has 0 spiro atoms. The Hall–Kier alpha value is -1.42. The van der Waals surface area contributed by atoms with Crippen molar-refractivity contribution in [1.82, 2.24) is 14.8 Å². The van der Waals surface area contributed by atoms with Gasteiger partial charge in [0.2, 0.25) is 0 Å². The zero-order valence-electron chi connectivity index (χ0n) is 10.3. The van der Waals surface area contributed by atoms with Crippen molar-refractivity contribution in [2.24, 2.45) is 5.92 Å². The van der Waals surface area contributed by atoms with Crippen molar-refractivity contribution in [3.8, 4) is 5.69 Å². The Bertz CT molecular complexity index is 564. The van der Waals surface area contributed by atoms with Crippen molar-refractivity contribution in [1.29, 1.82) is 0 Å². The second-order valence-electron chi connectivity index (χ2n) is 4.97. The van der Waals surface area contributed by atoms with Gasteiger partial charge in [-0.3, -0.25) is 9.67 Å². The van der Waals surface area contributed by atoms with Crippen LogP contribution in [0.4, 0.5) is 0 Å². The van der Waals surface area contributed by atoms with Crippen molar-refractivity contribution in [2.45, 2.75) is 32.1 Å². The molecule has 4 heteroatoms. The first-order chi connectivity index (χ1) is 8.84. The van der Waals surface area contributed by atoms with Gasteiger partial charge in [0.1, 0.15) is 5.82 Å². The second-order valence-corrected chi connectivity index (χ2v) is 5.36. The second kappa shape index (κ2) is 5.06. The molecule has 94 valence electrons. The van der Waals surface area contributed by atoms with Crippen LogP contribution in [0.15, 0.2) is 30.3 Å². The Morgan fingerprint density at radius 2 is 1.94 bits per heavy atom. The summed E-state index contributed by atoms with van der Waals surface area (Å²) in [5.41, 5.74) is 1.10. The number of rotatable bonds is 3. The van der Waals surface area contributed by atoms with Crippen LogP contribution < -0.4 is 0 Å². The van der Waals surface area contributed by atoms with Crippen LogP contribution in [0.2, 0.25) is 0 Å². The van der Waals surface area contributed by atoms with Gasteiger partial charge in [-0.2, -0.15) is 5.10 Å². The number of aromatic amines is 1. The quantitative estimate of drug-likeness (QED) is 0.853. The molecule has 3 rings (SSSR count). The van der Waals surface area contributed by atoms with Crippen LogP contribution in [-0.2, 0) is 6.42 Å². The van der Waals surface area contributed by atoms with E-state index in [1.165, 1.54) is 25.7 Å². The highest BCUT2D eigenvalue weighted by Crippen LogP contribution is 2.28. The minimum absolute atomic E-state index is 0.689. The molecule has 0 bridgehead atoms. The predicted molar refractivity (Wildman–Crippen MR) is 74.4 cm³/mol. The van der Waals surface area contributed by atoms with Crippen molar-refractivity contribution in [3.63, 3.8) is 0 Å². The van der Waals surface area contributed by atoms with Crippen molar-refractivity contribution in [3.05, 3.63) is 40.9 Å². The summed E-state index contributed by atoms with van der Waals surface area (Å²) in [4.78, 5) is 0. The fraction of sp³-hybridized carbons (Fsp3) is 0.429. The number of benzene rings is 1. The molecule has 1 aliphatic carbocycles. The maximum Gasteiger partial charge on any atom is 0.199 e. The summed E-state index contributed by atoms with van der Waals surface area (Å²) in [5, 5.41) is 7.33. The number of hydrogen-bond donors (Lipinski definition) is 1. The summed E-state index contributed by atoms with van der Waals surface area (Å²) in [6.45, 7) is 0. The van der Waals surface area contributed by atoms with Crippen LogP contribution in [0.25, 0.3) is 5.69 Å². The fourth-order valence-corrected chi connectivity index (χ4v) is 3.04. The summed E-state index contributed by atoms with van der Waals surface area (Å²) < 4.78 is 2.75. The molecule has 3 nitrogen and oxygen atoms in total. The third-order valence-corrected chi connectivity index (χ3v) is 3.98. The van der Waals surface area contributed by atoms with Crippen LogP contribution in [0.5, 0.6) is 0 Å². The first kappa shape index (κ1) is 11.7. The largest absolute Gasteiger partial charge is 0.272 e. The lowest BCUT2D eigenvalue weighted by atomic mass is 10.0. The van der Waals surface area contributed by atoms with Gasteiger partial charge in [0.05, 0.1) is 0 Å². The predicted octanol–water partition coefficient (Wildman–Crippen LogP) is 3.66. The van der Waals surface area contributed by atoms with E-state index in [2.05, 4.69) is 26.9 Å². The molecule has 0 aliphatic heterocycles. The topological polar surface area (TPSA) is 33.6 Å². The summed E-state index contributed by atoms with van der Waals surface area (Å²) in [6, 6.07) is 10.2. The molecule has 18 heavy (non-hydrogen) atoms. The molecule has 0 radical (unpaired) electrons. The minimum atomic E-state index is 0.689. The molecule has 1 fully saturated rings. The van der Waals surface area contributed by atoms with Gasteiger partial charge in [-0.05, 0) is 30.3 Å². The van der Waals surface area contributed by atoms with E-state index in [1.807, 2.05) is 18.2 Å². The van der Waals surface area contributed by atoms with Crippen molar-refractivity contribution in [2.75, 3.05) is 0 Å². The number of H-pyrrole nitrogens is 1. The van der Waals surface area contributed by atoms with Crippen LogP contribution >= 0.6 is 12.2 Å². The normalized spacial score (nSPS) is 16.2. The monoisotopic (exact) mass is 259 g/mol. The fourth-order valence-electron chi connectivity index (χ4n) is 2.78. The van der Waals surface area contributed by atoms with Crippen molar-refractivity contribution >= 4 is 12.2 Å². The van der Waals surface area contributed by atoms with Gasteiger partial charge in [-0.1, -0.05) is 43.9 Å². The van der Waals surface area contributed by atoms with E-state index in [-0.39, 0.29) is 0 Å². The number of hydrogen-bond acceptors (Lipinski definition) is 2. The van der Waals surface area contributed by atoms with Gasteiger partial charge in [0.15, 0.2) is 4.77 Å². The Morgan fingerprint density at radius 1 is 1.22 bits per heavy atom. The van der Waals surface area contributed by atoms with Gasteiger partial charge < -0.3 is 0 Å². The molecule has 2 aromatic rings. The average molecular weight is 259 g/mol. The highest BCUT2D eigenvalue weighted by molar-refractivity contribution is 7.71. The zero-order chi connectivity index (χ0) is 12.4. The Kier molecular flexibility index (Phi) is 3.28. The van der Waals surface area contributed by atoms with Gasteiger partial charge in [-0.25, -0.2) is 0 Å². The summed E-state index contributed by atoms with van der Waals surface area (Å²) >= 11 is 5.34. The molecule has 1 N–H and O–H groups in total. The van der Waals surface area contributed by atoms with E-state index < -0.39 is 0 Å². The summed E-state index contributed by atoms with van der Waals surface area (Å²) in [6.07, 6.45) is 6.41. The van der Waals surface area contributed by atoms with E-state index in [0.29, 0.717) is 4.77 Å². The molecular formula is C14H17N3S. The van der Waals surface area contributed by atoms with E-state index >= 15 is 0 Å².